The number of rotatable bonds is 8. The van der Waals surface area contributed by atoms with Crippen LogP contribution in [-0.4, -0.2) is 46.4 Å². The molecule has 1 N–H and O–H groups in total. The highest BCUT2D eigenvalue weighted by Crippen LogP contribution is 2.30. The molecule has 2 aromatic rings. The van der Waals surface area contributed by atoms with Crippen LogP contribution in [0.25, 0.3) is 0 Å². The number of anilines is 1. The molecular weight excluding hydrogens is 416 g/mol. The molecule has 29 heavy (non-hydrogen) atoms. The quantitative estimate of drug-likeness (QED) is 0.685. The van der Waals surface area contributed by atoms with E-state index in [-0.39, 0.29) is 25.0 Å². The molecule has 1 heterocycles. The van der Waals surface area contributed by atoms with E-state index < -0.39 is 10.0 Å². The molecule has 0 saturated carbocycles. The second-order valence-corrected chi connectivity index (χ2v) is 9.06. The van der Waals surface area contributed by atoms with E-state index in [0.29, 0.717) is 41.8 Å². The number of ether oxygens (including phenoxy) is 2. The second-order valence-electron chi connectivity index (χ2n) is 6.72. The number of halogens is 1. The number of fused-ring (bicyclic) bond motifs is 1. The lowest BCUT2D eigenvalue weighted by Crippen LogP contribution is -2.41. The number of sulfonamides is 1. The fourth-order valence-electron chi connectivity index (χ4n) is 2.96. The third-order valence-corrected chi connectivity index (χ3v) is 5.82. The lowest BCUT2D eigenvalue weighted by atomic mass is 10.2. The molecule has 7 nitrogen and oxygen atoms in total. The zero-order valence-electron chi connectivity index (χ0n) is 16.0. The summed E-state index contributed by atoms with van der Waals surface area (Å²) in [6.07, 6.45) is 1.45. The zero-order chi connectivity index (χ0) is 20.9. The normalized spacial score (nSPS) is 15.6. The molecule has 3 rings (SSSR count). The molecule has 0 saturated heterocycles. The summed E-state index contributed by atoms with van der Waals surface area (Å²) in [6, 6.07) is 13.9. The predicted octanol–water partition coefficient (Wildman–Crippen LogP) is 2.84. The van der Waals surface area contributed by atoms with Gasteiger partial charge in [0.15, 0.2) is 11.5 Å². The van der Waals surface area contributed by atoms with E-state index in [9.17, 15) is 13.2 Å². The van der Waals surface area contributed by atoms with Crippen LogP contribution in [0.2, 0.25) is 5.02 Å². The minimum atomic E-state index is -3.46. The number of carbonyl (C=O) groups is 1. The van der Waals surface area contributed by atoms with E-state index in [1.54, 1.807) is 24.3 Å². The molecule has 1 aliphatic rings. The van der Waals surface area contributed by atoms with Gasteiger partial charge in [0.1, 0.15) is 12.7 Å². The lowest BCUT2D eigenvalue weighted by Gasteiger charge is -2.26. The molecule has 0 aliphatic carbocycles. The number of nitrogens with one attached hydrogen (secondary N) is 1. The van der Waals surface area contributed by atoms with Crippen LogP contribution in [0.4, 0.5) is 5.69 Å². The third kappa shape index (κ3) is 6.01. The Balaban J connectivity index is 1.45. The van der Waals surface area contributed by atoms with Gasteiger partial charge >= 0.3 is 0 Å². The number of carbonyl (C=O) groups excluding carboxylic acids is 1. The molecule has 2 aromatic carbocycles. The Morgan fingerprint density at radius 2 is 1.86 bits per heavy atom. The maximum Gasteiger partial charge on any atom is 0.232 e. The van der Waals surface area contributed by atoms with Crippen molar-refractivity contribution in [1.82, 2.24) is 5.32 Å². The average molecular weight is 439 g/mol. The summed E-state index contributed by atoms with van der Waals surface area (Å²) < 4.78 is 36.9. The summed E-state index contributed by atoms with van der Waals surface area (Å²) in [7, 11) is -3.46. The Kier molecular flexibility index (Phi) is 6.87. The molecule has 0 spiro atoms. The van der Waals surface area contributed by atoms with Crippen LogP contribution in [0.5, 0.6) is 11.5 Å². The van der Waals surface area contributed by atoms with Gasteiger partial charge in [-0.05, 0) is 42.8 Å². The molecule has 0 radical (unpaired) electrons. The fraction of sp³-hybridized carbons (Fsp3) is 0.350. The molecule has 9 heteroatoms. The Morgan fingerprint density at radius 3 is 2.55 bits per heavy atom. The monoisotopic (exact) mass is 438 g/mol. The summed E-state index contributed by atoms with van der Waals surface area (Å²) in [6.45, 7) is 0.875. The molecule has 0 aromatic heterocycles. The van der Waals surface area contributed by atoms with E-state index in [0.717, 1.165) is 6.26 Å². The Hall–Kier alpha value is -2.45. The summed E-state index contributed by atoms with van der Waals surface area (Å²) in [5, 5.41) is 3.34. The second kappa shape index (κ2) is 9.37. The van der Waals surface area contributed by atoms with Crippen molar-refractivity contribution in [3.05, 3.63) is 53.6 Å². The average Bonchev–Trinajstić information content (AvgIpc) is 2.69. The van der Waals surface area contributed by atoms with Crippen molar-refractivity contribution in [2.75, 3.05) is 30.3 Å². The van der Waals surface area contributed by atoms with Crippen LogP contribution >= 0.6 is 11.6 Å². The molecule has 1 atom stereocenters. The van der Waals surface area contributed by atoms with Gasteiger partial charge in [0, 0.05) is 18.0 Å². The first-order valence-electron chi connectivity index (χ1n) is 9.21. The highest BCUT2D eigenvalue weighted by Gasteiger charge is 2.21. The summed E-state index contributed by atoms with van der Waals surface area (Å²) in [5.41, 5.74) is 0.517. The smallest absolute Gasteiger partial charge is 0.232 e. The van der Waals surface area contributed by atoms with Crippen molar-refractivity contribution < 1.29 is 22.7 Å². The number of benzene rings is 2. The first-order chi connectivity index (χ1) is 13.8. The minimum absolute atomic E-state index is 0.169. The SMILES string of the molecule is CS(=O)(=O)N(CCCC(=O)NC[C@H]1COc2ccccc2O1)c1ccc(Cl)cc1. The zero-order valence-corrected chi connectivity index (χ0v) is 17.6. The number of para-hydroxylation sites is 2. The van der Waals surface area contributed by atoms with Gasteiger partial charge in [-0.25, -0.2) is 8.42 Å². The summed E-state index contributed by atoms with van der Waals surface area (Å²) >= 11 is 5.86. The molecular formula is C20H23ClN2O5S. The number of hydrogen-bond acceptors (Lipinski definition) is 5. The summed E-state index contributed by atoms with van der Waals surface area (Å²) in [4.78, 5) is 12.2. The Morgan fingerprint density at radius 1 is 1.17 bits per heavy atom. The van der Waals surface area contributed by atoms with Gasteiger partial charge in [0.2, 0.25) is 15.9 Å². The first-order valence-corrected chi connectivity index (χ1v) is 11.4. The Bertz CT molecular complexity index is 950. The molecule has 0 unspecified atom stereocenters. The highest BCUT2D eigenvalue weighted by molar-refractivity contribution is 7.92. The van der Waals surface area contributed by atoms with Crippen LogP contribution in [0, 0.1) is 0 Å². The van der Waals surface area contributed by atoms with Crippen molar-refractivity contribution in [2.45, 2.75) is 18.9 Å². The summed E-state index contributed by atoms with van der Waals surface area (Å²) in [5.74, 6) is 1.18. The van der Waals surface area contributed by atoms with Gasteiger partial charge < -0.3 is 14.8 Å². The van der Waals surface area contributed by atoms with E-state index in [1.165, 1.54) is 4.31 Å². The standard InChI is InChI=1S/C20H23ClN2O5S/c1-29(25,26)23(16-10-8-15(21)9-11-16)12-4-7-20(24)22-13-17-14-27-18-5-2-3-6-19(18)28-17/h2-3,5-6,8-11,17H,4,7,12-14H2,1H3,(H,22,24)/t17-/m0/s1. The third-order valence-electron chi connectivity index (χ3n) is 4.37. The van der Waals surface area contributed by atoms with Crippen LogP contribution in [-0.2, 0) is 14.8 Å². The largest absolute Gasteiger partial charge is 0.486 e. The van der Waals surface area contributed by atoms with Gasteiger partial charge in [0.05, 0.1) is 18.5 Å². The van der Waals surface area contributed by atoms with Crippen LogP contribution in [0.3, 0.4) is 0 Å². The van der Waals surface area contributed by atoms with Crippen molar-refractivity contribution in [2.24, 2.45) is 0 Å². The van der Waals surface area contributed by atoms with E-state index in [4.69, 9.17) is 21.1 Å². The van der Waals surface area contributed by atoms with Crippen molar-refractivity contribution in [3.63, 3.8) is 0 Å². The predicted molar refractivity (Wildman–Crippen MR) is 112 cm³/mol. The van der Waals surface area contributed by atoms with Crippen molar-refractivity contribution >= 4 is 33.2 Å². The number of nitrogens with zero attached hydrogens (tertiary/aromatic N) is 1. The fourth-order valence-corrected chi connectivity index (χ4v) is 4.05. The van der Waals surface area contributed by atoms with E-state index in [2.05, 4.69) is 5.32 Å². The maximum absolute atomic E-state index is 12.2. The highest BCUT2D eigenvalue weighted by atomic mass is 35.5. The van der Waals surface area contributed by atoms with Gasteiger partial charge in [-0.3, -0.25) is 9.10 Å². The molecule has 0 fully saturated rings. The number of hydrogen-bond donors (Lipinski definition) is 1. The molecule has 1 amide bonds. The number of amides is 1. The van der Waals surface area contributed by atoms with E-state index >= 15 is 0 Å². The minimum Gasteiger partial charge on any atom is -0.486 e. The van der Waals surface area contributed by atoms with E-state index in [1.807, 2.05) is 24.3 Å². The van der Waals surface area contributed by atoms with Crippen LogP contribution in [0.15, 0.2) is 48.5 Å². The maximum atomic E-state index is 12.2. The first kappa shape index (κ1) is 21.3. The van der Waals surface area contributed by atoms with Gasteiger partial charge in [-0.2, -0.15) is 0 Å². The van der Waals surface area contributed by atoms with Gasteiger partial charge in [-0.15, -0.1) is 0 Å². The van der Waals surface area contributed by atoms with Gasteiger partial charge in [-0.1, -0.05) is 23.7 Å². The van der Waals surface area contributed by atoms with Gasteiger partial charge in [0.25, 0.3) is 0 Å². The lowest BCUT2D eigenvalue weighted by molar-refractivity contribution is -0.121. The van der Waals surface area contributed by atoms with Crippen LogP contribution in [0.1, 0.15) is 12.8 Å². The molecule has 0 bridgehead atoms. The molecule has 156 valence electrons. The van der Waals surface area contributed by atoms with Crippen molar-refractivity contribution in [1.29, 1.82) is 0 Å². The van der Waals surface area contributed by atoms with Crippen molar-refractivity contribution in [3.8, 4) is 11.5 Å². The van der Waals surface area contributed by atoms with Crippen LogP contribution < -0.4 is 19.1 Å². The Labute approximate surface area is 175 Å². The molecule has 1 aliphatic heterocycles. The topological polar surface area (TPSA) is 84.9 Å².